The van der Waals surface area contributed by atoms with Crippen LogP contribution in [0.4, 0.5) is 0 Å². The second kappa shape index (κ2) is 23.3. The Hall–Kier alpha value is -0.340. The minimum absolute atomic E-state index is 0. The first-order valence-corrected chi connectivity index (χ1v) is 13.1. The minimum atomic E-state index is 0. The Bertz CT molecular complexity index is 434. The average Bonchev–Trinajstić information content (AvgIpc) is 2.75. The SMILES string of the molecule is Br.CCCCCCCCCCCCCCCCCCCC(C)NCc1ccccc1. The predicted octanol–water partition coefficient (Wildman–Crippen LogP) is 9.78. The van der Waals surface area contributed by atoms with E-state index >= 15 is 0 Å². The van der Waals surface area contributed by atoms with E-state index in [0.717, 1.165) is 6.54 Å². The topological polar surface area (TPSA) is 12.0 Å². The van der Waals surface area contributed by atoms with E-state index in [4.69, 9.17) is 0 Å². The van der Waals surface area contributed by atoms with Crippen molar-refractivity contribution in [2.75, 3.05) is 0 Å². The molecule has 1 rings (SSSR count). The fourth-order valence-electron chi connectivity index (χ4n) is 4.17. The van der Waals surface area contributed by atoms with Crippen molar-refractivity contribution in [3.8, 4) is 0 Å². The number of rotatable bonds is 21. The lowest BCUT2D eigenvalue weighted by Crippen LogP contribution is -2.25. The molecule has 30 heavy (non-hydrogen) atoms. The first-order valence-electron chi connectivity index (χ1n) is 13.1. The summed E-state index contributed by atoms with van der Waals surface area (Å²) in [5.74, 6) is 0. The van der Waals surface area contributed by atoms with E-state index < -0.39 is 0 Å². The molecule has 1 atom stereocenters. The van der Waals surface area contributed by atoms with Gasteiger partial charge in [-0.15, -0.1) is 17.0 Å². The largest absolute Gasteiger partial charge is 0.310 e. The molecule has 0 saturated heterocycles. The number of hydrogen-bond donors (Lipinski definition) is 1. The van der Waals surface area contributed by atoms with Gasteiger partial charge in [0, 0.05) is 12.6 Å². The Balaban J connectivity index is 0.00000841. The molecular weight excluding hydrogens is 430 g/mol. The Labute approximate surface area is 200 Å². The Morgan fingerprint density at radius 1 is 0.600 bits per heavy atom. The lowest BCUT2D eigenvalue weighted by Gasteiger charge is -2.13. The molecule has 0 spiro atoms. The first kappa shape index (κ1) is 29.7. The van der Waals surface area contributed by atoms with Crippen molar-refractivity contribution in [2.24, 2.45) is 0 Å². The van der Waals surface area contributed by atoms with Crippen molar-refractivity contribution in [1.29, 1.82) is 0 Å². The second-order valence-corrected chi connectivity index (χ2v) is 9.21. The zero-order valence-electron chi connectivity index (χ0n) is 20.3. The van der Waals surface area contributed by atoms with Crippen LogP contribution in [0, 0.1) is 0 Å². The van der Waals surface area contributed by atoms with E-state index in [2.05, 4.69) is 49.5 Å². The first-order chi connectivity index (χ1) is 14.3. The van der Waals surface area contributed by atoms with Crippen molar-refractivity contribution in [2.45, 2.75) is 142 Å². The number of halogens is 1. The highest BCUT2D eigenvalue weighted by Crippen LogP contribution is 2.14. The predicted molar refractivity (Wildman–Crippen MR) is 142 cm³/mol. The van der Waals surface area contributed by atoms with Crippen LogP contribution in [0.5, 0.6) is 0 Å². The summed E-state index contributed by atoms with van der Waals surface area (Å²) in [5.41, 5.74) is 1.39. The molecular formula is C28H52BrN. The molecule has 0 saturated carbocycles. The third kappa shape index (κ3) is 19.6. The molecule has 2 heteroatoms. The third-order valence-electron chi connectivity index (χ3n) is 6.24. The van der Waals surface area contributed by atoms with Crippen molar-refractivity contribution >= 4 is 17.0 Å². The molecule has 1 unspecified atom stereocenters. The van der Waals surface area contributed by atoms with E-state index in [-0.39, 0.29) is 17.0 Å². The van der Waals surface area contributed by atoms with Crippen LogP contribution >= 0.6 is 17.0 Å². The van der Waals surface area contributed by atoms with Crippen LogP contribution in [0.25, 0.3) is 0 Å². The quantitative estimate of drug-likeness (QED) is 0.172. The zero-order chi connectivity index (χ0) is 20.8. The second-order valence-electron chi connectivity index (χ2n) is 9.21. The molecule has 0 amide bonds. The summed E-state index contributed by atoms with van der Waals surface area (Å²) in [6, 6.07) is 11.4. The lowest BCUT2D eigenvalue weighted by molar-refractivity contribution is 0.474. The summed E-state index contributed by atoms with van der Waals surface area (Å²) in [7, 11) is 0. The summed E-state index contributed by atoms with van der Waals surface area (Å²) >= 11 is 0. The zero-order valence-corrected chi connectivity index (χ0v) is 22.0. The van der Waals surface area contributed by atoms with E-state index in [0.29, 0.717) is 6.04 Å². The van der Waals surface area contributed by atoms with Crippen LogP contribution in [-0.2, 0) is 6.54 Å². The Morgan fingerprint density at radius 2 is 1.00 bits per heavy atom. The van der Waals surface area contributed by atoms with Crippen LogP contribution in [0.1, 0.15) is 135 Å². The molecule has 1 N–H and O–H groups in total. The monoisotopic (exact) mass is 481 g/mol. The van der Waals surface area contributed by atoms with Crippen molar-refractivity contribution in [3.05, 3.63) is 35.9 Å². The van der Waals surface area contributed by atoms with Gasteiger partial charge in [-0.25, -0.2) is 0 Å². The molecule has 0 aliphatic rings. The maximum Gasteiger partial charge on any atom is 0.0207 e. The summed E-state index contributed by atoms with van der Waals surface area (Å²) in [5, 5.41) is 3.65. The molecule has 0 aromatic heterocycles. The number of hydrogen-bond acceptors (Lipinski definition) is 1. The highest BCUT2D eigenvalue weighted by Gasteiger charge is 2.01. The molecule has 1 aromatic rings. The van der Waals surface area contributed by atoms with Gasteiger partial charge in [0.1, 0.15) is 0 Å². The molecule has 1 nitrogen and oxygen atoms in total. The molecule has 0 fully saturated rings. The van der Waals surface area contributed by atoms with Gasteiger partial charge in [0.2, 0.25) is 0 Å². The van der Waals surface area contributed by atoms with E-state index in [1.54, 1.807) is 0 Å². The normalized spacial score (nSPS) is 11.9. The van der Waals surface area contributed by atoms with Crippen LogP contribution in [0.15, 0.2) is 30.3 Å². The summed E-state index contributed by atoms with van der Waals surface area (Å²) < 4.78 is 0. The molecule has 176 valence electrons. The van der Waals surface area contributed by atoms with Crippen LogP contribution in [0.2, 0.25) is 0 Å². The molecule has 1 aromatic carbocycles. The Morgan fingerprint density at radius 3 is 1.43 bits per heavy atom. The van der Waals surface area contributed by atoms with Gasteiger partial charge in [-0.1, -0.05) is 146 Å². The van der Waals surface area contributed by atoms with Gasteiger partial charge in [-0.3, -0.25) is 0 Å². The van der Waals surface area contributed by atoms with Gasteiger partial charge in [0.05, 0.1) is 0 Å². The van der Waals surface area contributed by atoms with Gasteiger partial charge in [-0.2, -0.15) is 0 Å². The molecule has 0 radical (unpaired) electrons. The van der Waals surface area contributed by atoms with Gasteiger partial charge < -0.3 is 5.32 Å². The molecule has 0 heterocycles. The van der Waals surface area contributed by atoms with E-state index in [1.165, 1.54) is 121 Å². The van der Waals surface area contributed by atoms with Crippen molar-refractivity contribution in [1.82, 2.24) is 5.32 Å². The minimum Gasteiger partial charge on any atom is -0.310 e. The number of nitrogens with one attached hydrogen (secondary N) is 1. The van der Waals surface area contributed by atoms with Gasteiger partial charge in [0.25, 0.3) is 0 Å². The van der Waals surface area contributed by atoms with Crippen molar-refractivity contribution < 1.29 is 0 Å². The highest BCUT2D eigenvalue weighted by molar-refractivity contribution is 8.93. The molecule has 0 aliphatic heterocycles. The standard InChI is InChI=1S/C28H51N.BrH/c1-3-4-5-6-7-8-9-10-11-12-13-14-15-16-17-18-20-23-27(2)29-26-28-24-21-19-22-25-28;/h19,21-22,24-25,27,29H,3-18,20,23,26H2,1-2H3;1H. The Kier molecular flexibility index (Phi) is 23.1. The summed E-state index contributed by atoms with van der Waals surface area (Å²) in [4.78, 5) is 0. The van der Waals surface area contributed by atoms with Crippen LogP contribution in [-0.4, -0.2) is 6.04 Å². The van der Waals surface area contributed by atoms with E-state index in [9.17, 15) is 0 Å². The van der Waals surface area contributed by atoms with Crippen LogP contribution < -0.4 is 5.32 Å². The van der Waals surface area contributed by atoms with Crippen molar-refractivity contribution in [3.63, 3.8) is 0 Å². The highest BCUT2D eigenvalue weighted by atomic mass is 79.9. The fourth-order valence-corrected chi connectivity index (χ4v) is 4.17. The maximum absolute atomic E-state index is 3.65. The van der Waals surface area contributed by atoms with Crippen LogP contribution in [0.3, 0.4) is 0 Å². The van der Waals surface area contributed by atoms with Gasteiger partial charge in [-0.05, 0) is 18.9 Å². The van der Waals surface area contributed by atoms with Gasteiger partial charge in [0.15, 0.2) is 0 Å². The molecule has 0 bridgehead atoms. The smallest absolute Gasteiger partial charge is 0.0207 e. The maximum atomic E-state index is 3.65. The number of unbranched alkanes of at least 4 members (excludes halogenated alkanes) is 16. The molecule has 0 aliphatic carbocycles. The van der Waals surface area contributed by atoms with Gasteiger partial charge >= 0.3 is 0 Å². The average molecular weight is 483 g/mol. The summed E-state index contributed by atoms with van der Waals surface area (Å²) in [6.07, 6.45) is 26.0. The fraction of sp³-hybridized carbons (Fsp3) is 0.786. The third-order valence-corrected chi connectivity index (χ3v) is 6.24. The van der Waals surface area contributed by atoms with E-state index in [1.807, 2.05) is 0 Å². The number of benzene rings is 1. The summed E-state index contributed by atoms with van der Waals surface area (Å²) in [6.45, 7) is 5.63. The lowest BCUT2D eigenvalue weighted by atomic mass is 10.0.